The van der Waals surface area contributed by atoms with E-state index in [1.54, 1.807) is 35.3 Å². The summed E-state index contributed by atoms with van der Waals surface area (Å²) in [6.07, 6.45) is 5.15. The van der Waals surface area contributed by atoms with Gasteiger partial charge in [0.2, 0.25) is 5.91 Å². The summed E-state index contributed by atoms with van der Waals surface area (Å²) in [5.41, 5.74) is 1.41. The number of hydrogen-bond donors (Lipinski definition) is 1. The van der Waals surface area contributed by atoms with Gasteiger partial charge in [-0.3, -0.25) is 9.59 Å². The Kier molecular flexibility index (Phi) is 3.95. The molecule has 0 saturated carbocycles. The van der Waals surface area contributed by atoms with Crippen molar-refractivity contribution in [1.29, 1.82) is 0 Å². The molecular formula is C14H13N3O3. The van der Waals surface area contributed by atoms with Gasteiger partial charge in [-0.1, -0.05) is 6.58 Å². The molecule has 20 heavy (non-hydrogen) atoms. The largest absolute Gasteiger partial charge is 0.496 e. The van der Waals surface area contributed by atoms with Crippen molar-refractivity contribution in [2.24, 2.45) is 0 Å². The number of rotatable bonds is 5. The van der Waals surface area contributed by atoms with Gasteiger partial charge in [0.15, 0.2) is 6.29 Å². The van der Waals surface area contributed by atoms with Crippen molar-refractivity contribution >= 4 is 17.9 Å². The second-order valence-corrected chi connectivity index (χ2v) is 3.87. The molecule has 0 aliphatic rings. The number of ether oxygens (including phenoxy) is 1. The minimum Gasteiger partial charge on any atom is -0.496 e. The molecule has 0 atom stereocenters. The molecule has 1 amide bonds. The third kappa shape index (κ3) is 2.59. The predicted molar refractivity (Wildman–Crippen MR) is 74.3 cm³/mol. The van der Waals surface area contributed by atoms with Crippen LogP contribution < -0.4 is 10.1 Å². The summed E-state index contributed by atoms with van der Waals surface area (Å²) in [5.74, 6) is 0.00887. The van der Waals surface area contributed by atoms with E-state index in [1.165, 1.54) is 7.11 Å². The van der Waals surface area contributed by atoms with Crippen molar-refractivity contribution in [2.75, 3.05) is 12.4 Å². The number of benzene rings is 1. The molecule has 6 heteroatoms. The highest BCUT2D eigenvalue weighted by molar-refractivity contribution is 6.01. The Balaban J connectivity index is 2.59. The van der Waals surface area contributed by atoms with Crippen LogP contribution in [0.25, 0.3) is 5.69 Å². The van der Waals surface area contributed by atoms with Crippen LogP contribution in [0.3, 0.4) is 0 Å². The van der Waals surface area contributed by atoms with E-state index < -0.39 is 0 Å². The van der Waals surface area contributed by atoms with Gasteiger partial charge in [0.05, 0.1) is 24.0 Å². The van der Waals surface area contributed by atoms with Crippen LogP contribution in [0.15, 0.2) is 43.2 Å². The summed E-state index contributed by atoms with van der Waals surface area (Å²) >= 11 is 0. The molecule has 102 valence electrons. The van der Waals surface area contributed by atoms with Crippen LogP contribution in [-0.4, -0.2) is 29.1 Å². The third-order valence-corrected chi connectivity index (χ3v) is 2.67. The maximum absolute atomic E-state index is 11.5. The summed E-state index contributed by atoms with van der Waals surface area (Å²) in [6.45, 7) is 3.40. The first kappa shape index (κ1) is 13.5. The van der Waals surface area contributed by atoms with Crippen molar-refractivity contribution in [3.8, 4) is 11.4 Å². The van der Waals surface area contributed by atoms with Crippen LogP contribution in [0, 0.1) is 0 Å². The molecule has 0 saturated heterocycles. The van der Waals surface area contributed by atoms with Crippen LogP contribution in [-0.2, 0) is 4.79 Å². The molecule has 0 aliphatic heterocycles. The first-order valence-corrected chi connectivity index (χ1v) is 5.80. The minimum atomic E-state index is -0.362. The van der Waals surface area contributed by atoms with Gasteiger partial charge in [-0.25, -0.2) is 4.68 Å². The highest BCUT2D eigenvalue weighted by atomic mass is 16.5. The molecule has 0 unspecified atom stereocenters. The van der Waals surface area contributed by atoms with Gasteiger partial charge in [-0.15, -0.1) is 0 Å². The van der Waals surface area contributed by atoms with E-state index in [0.717, 1.165) is 6.08 Å². The van der Waals surface area contributed by atoms with Gasteiger partial charge in [0, 0.05) is 18.5 Å². The average molecular weight is 271 g/mol. The fourth-order valence-electron chi connectivity index (χ4n) is 1.74. The lowest BCUT2D eigenvalue weighted by Gasteiger charge is -2.13. The van der Waals surface area contributed by atoms with Crippen molar-refractivity contribution < 1.29 is 14.3 Å². The lowest BCUT2D eigenvalue weighted by Crippen LogP contribution is -2.11. The second kappa shape index (κ2) is 5.83. The number of aldehydes is 1. The van der Waals surface area contributed by atoms with Gasteiger partial charge in [0.1, 0.15) is 5.75 Å². The SMILES string of the molecule is C=CC(=O)Nc1cc(OC)c(C=O)cc1-n1cccn1. The van der Waals surface area contributed by atoms with Gasteiger partial charge < -0.3 is 10.1 Å². The highest BCUT2D eigenvalue weighted by Crippen LogP contribution is 2.28. The molecule has 0 radical (unpaired) electrons. The molecule has 6 nitrogen and oxygen atoms in total. The maximum Gasteiger partial charge on any atom is 0.247 e. The zero-order valence-corrected chi connectivity index (χ0v) is 10.9. The number of nitrogens with zero attached hydrogens (tertiary/aromatic N) is 2. The Morgan fingerprint density at radius 3 is 2.85 bits per heavy atom. The number of nitrogens with one attached hydrogen (secondary N) is 1. The molecule has 1 aromatic carbocycles. The minimum absolute atomic E-state index is 0.362. The molecule has 0 bridgehead atoms. The number of aromatic nitrogens is 2. The predicted octanol–water partition coefficient (Wildman–Crippen LogP) is 1.82. The molecule has 1 aromatic heterocycles. The van der Waals surface area contributed by atoms with E-state index in [1.807, 2.05) is 0 Å². The van der Waals surface area contributed by atoms with Crippen molar-refractivity contribution in [2.45, 2.75) is 0 Å². The summed E-state index contributed by atoms with van der Waals surface area (Å²) in [7, 11) is 1.45. The molecule has 0 spiro atoms. The summed E-state index contributed by atoms with van der Waals surface area (Å²) in [6, 6.07) is 4.91. The number of methoxy groups -OCH3 is 1. The lowest BCUT2D eigenvalue weighted by atomic mass is 10.1. The Labute approximate surface area is 115 Å². The summed E-state index contributed by atoms with van der Waals surface area (Å²) < 4.78 is 6.67. The van der Waals surface area contributed by atoms with E-state index in [-0.39, 0.29) is 5.91 Å². The van der Waals surface area contributed by atoms with Crippen molar-refractivity contribution in [3.63, 3.8) is 0 Å². The molecule has 0 aliphatic carbocycles. The molecule has 1 heterocycles. The molecular weight excluding hydrogens is 258 g/mol. The monoisotopic (exact) mass is 271 g/mol. The molecule has 2 rings (SSSR count). The summed E-state index contributed by atoms with van der Waals surface area (Å²) in [4.78, 5) is 22.6. The van der Waals surface area contributed by atoms with Crippen LogP contribution >= 0.6 is 0 Å². The molecule has 2 aromatic rings. The molecule has 0 fully saturated rings. The average Bonchev–Trinajstić information content (AvgIpc) is 3.00. The Bertz CT molecular complexity index is 648. The fourth-order valence-corrected chi connectivity index (χ4v) is 1.74. The standard InChI is InChI=1S/C14H13N3O3/c1-3-14(19)16-11-8-13(20-2)10(9-18)7-12(11)17-6-4-5-15-17/h3-9H,1H2,2H3,(H,16,19). The lowest BCUT2D eigenvalue weighted by molar-refractivity contribution is -0.111. The Morgan fingerprint density at radius 1 is 1.50 bits per heavy atom. The van der Waals surface area contributed by atoms with Crippen LogP contribution in [0.5, 0.6) is 5.75 Å². The van der Waals surface area contributed by atoms with Crippen LogP contribution in [0.4, 0.5) is 5.69 Å². The first-order valence-electron chi connectivity index (χ1n) is 5.80. The normalized spacial score (nSPS) is 9.85. The van der Waals surface area contributed by atoms with Crippen LogP contribution in [0.1, 0.15) is 10.4 Å². The van der Waals surface area contributed by atoms with Gasteiger partial charge in [-0.05, 0) is 18.2 Å². The number of carbonyl (C=O) groups is 2. The van der Waals surface area contributed by atoms with Crippen molar-refractivity contribution in [3.05, 3.63) is 48.8 Å². The smallest absolute Gasteiger partial charge is 0.247 e. The quantitative estimate of drug-likeness (QED) is 0.665. The molecule has 1 N–H and O–H groups in total. The zero-order chi connectivity index (χ0) is 14.5. The highest BCUT2D eigenvalue weighted by Gasteiger charge is 2.13. The zero-order valence-electron chi connectivity index (χ0n) is 10.9. The van der Waals surface area contributed by atoms with E-state index >= 15 is 0 Å². The first-order chi connectivity index (χ1) is 9.69. The fraction of sp³-hybridized carbons (Fsp3) is 0.0714. The third-order valence-electron chi connectivity index (χ3n) is 2.67. The Hall–Kier alpha value is -2.89. The number of hydrogen-bond acceptors (Lipinski definition) is 4. The van der Waals surface area contributed by atoms with E-state index in [9.17, 15) is 9.59 Å². The van der Waals surface area contributed by atoms with Crippen LogP contribution in [0.2, 0.25) is 0 Å². The van der Waals surface area contributed by atoms with E-state index in [0.29, 0.717) is 29.0 Å². The number of anilines is 1. The second-order valence-electron chi connectivity index (χ2n) is 3.87. The summed E-state index contributed by atoms with van der Waals surface area (Å²) in [5, 5.41) is 6.75. The topological polar surface area (TPSA) is 73.2 Å². The van der Waals surface area contributed by atoms with E-state index in [4.69, 9.17) is 4.74 Å². The van der Waals surface area contributed by atoms with Crippen molar-refractivity contribution in [1.82, 2.24) is 9.78 Å². The van der Waals surface area contributed by atoms with E-state index in [2.05, 4.69) is 17.0 Å². The van der Waals surface area contributed by atoms with Gasteiger partial charge >= 0.3 is 0 Å². The van der Waals surface area contributed by atoms with Gasteiger partial charge in [0.25, 0.3) is 0 Å². The maximum atomic E-state index is 11.5. The number of carbonyl (C=O) groups excluding carboxylic acids is 2. The van der Waals surface area contributed by atoms with Gasteiger partial charge in [-0.2, -0.15) is 5.10 Å². The Morgan fingerprint density at radius 2 is 2.30 bits per heavy atom. The number of amides is 1.